The Hall–Kier alpha value is -1.43. The smallest absolute Gasteiger partial charge is 0.308 e. The molecule has 6 heteroatoms. The summed E-state index contributed by atoms with van der Waals surface area (Å²) in [5.74, 6) is 0.308. The molecule has 1 aliphatic heterocycles. The predicted molar refractivity (Wildman–Crippen MR) is 63.9 cm³/mol. The van der Waals surface area contributed by atoms with Crippen molar-refractivity contribution < 1.29 is 14.4 Å². The topological polar surface area (TPSA) is 79.5 Å². The minimum atomic E-state index is -0.718. The molecule has 1 fully saturated rings. The number of aryl methyl sites for hydroxylation is 1. The highest BCUT2D eigenvalue weighted by Gasteiger charge is 2.35. The number of rotatable bonds is 5. The molecule has 100 valence electrons. The normalized spacial score (nSPS) is 24.6. The quantitative estimate of drug-likeness (QED) is 0.852. The van der Waals surface area contributed by atoms with Crippen LogP contribution >= 0.6 is 0 Å². The van der Waals surface area contributed by atoms with Crippen LogP contribution in [0, 0.1) is 5.92 Å². The Morgan fingerprint density at radius 3 is 3.00 bits per heavy atom. The predicted octanol–water partition coefficient (Wildman–Crippen LogP) is 1.32. The number of aliphatic carboxylic acids is 1. The van der Waals surface area contributed by atoms with Gasteiger partial charge in [-0.15, -0.1) is 0 Å². The van der Waals surface area contributed by atoms with Crippen molar-refractivity contribution >= 4 is 5.97 Å². The van der Waals surface area contributed by atoms with E-state index >= 15 is 0 Å². The molecule has 18 heavy (non-hydrogen) atoms. The van der Waals surface area contributed by atoms with Crippen molar-refractivity contribution in [1.82, 2.24) is 15.0 Å². The second-order valence-electron chi connectivity index (χ2n) is 4.80. The van der Waals surface area contributed by atoms with Crippen molar-refractivity contribution in [3.05, 3.63) is 11.7 Å². The van der Waals surface area contributed by atoms with Crippen LogP contribution in [0.25, 0.3) is 0 Å². The molecule has 0 bridgehead atoms. The Bertz CT molecular complexity index is 418. The van der Waals surface area contributed by atoms with Crippen LogP contribution in [0.15, 0.2) is 4.52 Å². The van der Waals surface area contributed by atoms with Crippen LogP contribution < -0.4 is 0 Å². The lowest BCUT2D eigenvalue weighted by Gasteiger charge is -2.20. The first-order valence-electron chi connectivity index (χ1n) is 6.40. The summed E-state index contributed by atoms with van der Waals surface area (Å²) < 4.78 is 5.12. The van der Waals surface area contributed by atoms with Crippen LogP contribution in [0.5, 0.6) is 0 Å². The third-order valence-electron chi connectivity index (χ3n) is 3.52. The number of carbonyl (C=O) groups is 1. The van der Waals surface area contributed by atoms with Gasteiger partial charge >= 0.3 is 5.97 Å². The molecular formula is C12H19N3O3. The lowest BCUT2D eigenvalue weighted by Crippen LogP contribution is -2.32. The summed E-state index contributed by atoms with van der Waals surface area (Å²) in [5, 5.41) is 13.0. The van der Waals surface area contributed by atoms with E-state index in [9.17, 15) is 4.79 Å². The van der Waals surface area contributed by atoms with Crippen LogP contribution in [0.3, 0.4) is 0 Å². The maximum atomic E-state index is 11.0. The van der Waals surface area contributed by atoms with Gasteiger partial charge in [-0.1, -0.05) is 12.1 Å². The summed E-state index contributed by atoms with van der Waals surface area (Å²) in [5.41, 5.74) is 0. The SMILES string of the molecule is CCCc1nc(CN2CCC(C(=O)O)C2C)no1. The summed E-state index contributed by atoms with van der Waals surface area (Å²) in [6.07, 6.45) is 2.46. The largest absolute Gasteiger partial charge is 0.481 e. The number of nitrogens with zero attached hydrogens (tertiary/aromatic N) is 3. The first kappa shape index (κ1) is 13.0. The highest BCUT2D eigenvalue weighted by Crippen LogP contribution is 2.25. The molecule has 1 aromatic rings. The van der Waals surface area contributed by atoms with Crippen LogP contribution in [-0.4, -0.2) is 38.7 Å². The molecule has 6 nitrogen and oxygen atoms in total. The Morgan fingerprint density at radius 1 is 1.61 bits per heavy atom. The van der Waals surface area contributed by atoms with Crippen molar-refractivity contribution in [3.63, 3.8) is 0 Å². The van der Waals surface area contributed by atoms with Crippen LogP contribution in [0.1, 0.15) is 38.4 Å². The van der Waals surface area contributed by atoms with E-state index < -0.39 is 5.97 Å². The maximum Gasteiger partial charge on any atom is 0.308 e. The number of aromatic nitrogens is 2. The Kier molecular flexibility index (Phi) is 3.96. The fourth-order valence-corrected chi connectivity index (χ4v) is 2.41. The van der Waals surface area contributed by atoms with E-state index in [4.69, 9.17) is 9.63 Å². The molecule has 0 spiro atoms. The molecule has 2 unspecified atom stereocenters. The van der Waals surface area contributed by atoms with Gasteiger partial charge in [-0.25, -0.2) is 0 Å². The molecule has 1 N–H and O–H groups in total. The Balaban J connectivity index is 1.95. The van der Waals surface area contributed by atoms with Crippen molar-refractivity contribution in [2.45, 2.75) is 45.7 Å². The first-order chi connectivity index (χ1) is 8.61. The second-order valence-corrected chi connectivity index (χ2v) is 4.80. The van der Waals surface area contributed by atoms with Gasteiger partial charge in [0.2, 0.25) is 5.89 Å². The van der Waals surface area contributed by atoms with Crippen molar-refractivity contribution in [2.24, 2.45) is 5.92 Å². The van der Waals surface area contributed by atoms with Gasteiger partial charge in [0.1, 0.15) is 0 Å². The zero-order valence-corrected chi connectivity index (χ0v) is 10.8. The lowest BCUT2D eigenvalue weighted by atomic mass is 10.0. The van der Waals surface area contributed by atoms with Crippen molar-refractivity contribution in [1.29, 1.82) is 0 Å². The first-order valence-corrected chi connectivity index (χ1v) is 6.40. The third-order valence-corrected chi connectivity index (χ3v) is 3.52. The average molecular weight is 253 g/mol. The number of likely N-dealkylation sites (tertiary alicyclic amines) is 1. The molecule has 0 aromatic carbocycles. The molecule has 0 aliphatic carbocycles. The zero-order valence-electron chi connectivity index (χ0n) is 10.8. The van der Waals surface area contributed by atoms with E-state index in [0.29, 0.717) is 24.7 Å². The number of hydrogen-bond acceptors (Lipinski definition) is 5. The fourth-order valence-electron chi connectivity index (χ4n) is 2.41. The van der Waals surface area contributed by atoms with Gasteiger partial charge in [-0.05, 0) is 26.3 Å². The second kappa shape index (κ2) is 5.48. The van der Waals surface area contributed by atoms with Gasteiger partial charge < -0.3 is 9.63 Å². The standard InChI is InChI=1S/C12H19N3O3/c1-3-4-11-13-10(14-18-11)7-15-6-5-9(8(15)2)12(16)17/h8-9H,3-7H2,1-2H3,(H,16,17). The maximum absolute atomic E-state index is 11.0. The van der Waals surface area contributed by atoms with Crippen LogP contribution in [0.4, 0.5) is 0 Å². The molecule has 1 saturated heterocycles. The molecule has 2 heterocycles. The van der Waals surface area contributed by atoms with E-state index in [1.807, 2.05) is 6.92 Å². The van der Waals surface area contributed by atoms with E-state index in [0.717, 1.165) is 19.4 Å². The van der Waals surface area contributed by atoms with Gasteiger partial charge in [0, 0.05) is 12.5 Å². The summed E-state index contributed by atoms with van der Waals surface area (Å²) in [4.78, 5) is 17.4. The lowest BCUT2D eigenvalue weighted by molar-refractivity contribution is -0.142. The highest BCUT2D eigenvalue weighted by molar-refractivity contribution is 5.71. The van der Waals surface area contributed by atoms with Gasteiger partial charge in [-0.3, -0.25) is 9.69 Å². The fraction of sp³-hybridized carbons (Fsp3) is 0.750. The summed E-state index contributed by atoms with van der Waals surface area (Å²) in [7, 11) is 0. The zero-order chi connectivity index (χ0) is 13.1. The monoisotopic (exact) mass is 253 g/mol. The molecular weight excluding hydrogens is 234 g/mol. The Labute approximate surface area is 106 Å². The molecule has 1 aliphatic rings. The number of carboxylic acids is 1. The van der Waals surface area contributed by atoms with Crippen molar-refractivity contribution in [2.75, 3.05) is 6.54 Å². The van der Waals surface area contributed by atoms with Crippen molar-refractivity contribution in [3.8, 4) is 0 Å². The Morgan fingerprint density at radius 2 is 2.39 bits per heavy atom. The molecule has 0 amide bonds. The van der Waals surface area contributed by atoms with Gasteiger partial charge in [-0.2, -0.15) is 4.98 Å². The van der Waals surface area contributed by atoms with Crippen LogP contribution in [-0.2, 0) is 17.8 Å². The highest BCUT2D eigenvalue weighted by atomic mass is 16.5. The summed E-state index contributed by atoms with van der Waals surface area (Å²) in [6, 6.07) is 0.0237. The number of carboxylic acid groups (broad SMARTS) is 1. The molecule has 2 rings (SSSR count). The average Bonchev–Trinajstić information content (AvgIpc) is 2.89. The van der Waals surface area contributed by atoms with Gasteiger partial charge in [0.15, 0.2) is 5.82 Å². The molecule has 1 aromatic heterocycles. The van der Waals surface area contributed by atoms with Gasteiger partial charge in [0.25, 0.3) is 0 Å². The molecule has 2 atom stereocenters. The van der Waals surface area contributed by atoms with E-state index in [1.165, 1.54) is 0 Å². The summed E-state index contributed by atoms with van der Waals surface area (Å²) >= 11 is 0. The van der Waals surface area contributed by atoms with E-state index in [1.54, 1.807) is 0 Å². The van der Waals surface area contributed by atoms with Gasteiger partial charge in [0.05, 0.1) is 12.5 Å². The number of hydrogen-bond donors (Lipinski definition) is 1. The van der Waals surface area contributed by atoms with E-state index in [2.05, 4.69) is 22.0 Å². The summed E-state index contributed by atoms with van der Waals surface area (Å²) in [6.45, 7) is 5.34. The van der Waals surface area contributed by atoms with E-state index in [-0.39, 0.29) is 12.0 Å². The minimum Gasteiger partial charge on any atom is -0.481 e. The third kappa shape index (κ3) is 2.69. The molecule has 0 radical (unpaired) electrons. The molecule has 0 saturated carbocycles. The minimum absolute atomic E-state index is 0.0237. The van der Waals surface area contributed by atoms with Crippen LogP contribution in [0.2, 0.25) is 0 Å².